The number of ketones is 2. The van der Waals surface area contributed by atoms with Crippen LogP contribution in [0.25, 0.3) is 5.57 Å². The monoisotopic (exact) mass is 576 g/mol. The molecule has 3 nitrogen and oxygen atoms in total. The van der Waals surface area contributed by atoms with Crippen LogP contribution in [0.2, 0.25) is 0 Å². The van der Waals surface area contributed by atoms with E-state index in [1.165, 1.54) is 23.0 Å². The number of hydrogen-bond donors (Lipinski definition) is 0. The Hall–Kier alpha value is -4.05. The standard InChI is InChI=1S/C39H41FO3/c1-26-9-5-6-12-33(26)29-15-17-30(18-16-29)34-20-19-31(25-35(34)27(2)23-37(42)38-13-8-22-43-38)36(41)21-14-28-10-7-11-32(24-28)39(3,4)40/h5-13,19-20,22-25,29-30H,14-18,21H2,1-4H3/b27-23+. The Bertz CT molecular complexity index is 1610. The summed E-state index contributed by atoms with van der Waals surface area (Å²) in [4.78, 5) is 26.3. The molecule has 4 heteroatoms. The molecule has 5 rings (SSSR count). The number of hydrogen-bond acceptors (Lipinski definition) is 3. The van der Waals surface area contributed by atoms with Crippen molar-refractivity contribution in [3.8, 4) is 0 Å². The van der Waals surface area contributed by atoms with Crippen molar-refractivity contribution in [3.05, 3.63) is 136 Å². The van der Waals surface area contributed by atoms with Crippen LogP contribution in [-0.2, 0) is 12.1 Å². The summed E-state index contributed by atoms with van der Waals surface area (Å²) < 4.78 is 19.8. The van der Waals surface area contributed by atoms with Gasteiger partial charge in [-0.1, -0.05) is 60.7 Å². The van der Waals surface area contributed by atoms with Gasteiger partial charge in [-0.05, 0) is 135 Å². The van der Waals surface area contributed by atoms with Crippen molar-refractivity contribution < 1.29 is 18.4 Å². The number of furan rings is 1. The number of halogens is 1. The number of carbonyl (C=O) groups excluding carboxylic acids is 2. The average molecular weight is 577 g/mol. The van der Waals surface area contributed by atoms with E-state index in [0.717, 1.165) is 42.4 Å². The molecule has 0 spiro atoms. The van der Waals surface area contributed by atoms with E-state index in [2.05, 4.69) is 37.3 Å². The topological polar surface area (TPSA) is 47.3 Å². The van der Waals surface area contributed by atoms with Crippen LogP contribution >= 0.6 is 0 Å². The molecule has 1 aliphatic carbocycles. The van der Waals surface area contributed by atoms with Crippen LogP contribution < -0.4 is 0 Å². The summed E-state index contributed by atoms with van der Waals surface area (Å²) in [6.07, 6.45) is 8.31. The lowest BCUT2D eigenvalue weighted by Gasteiger charge is -2.31. The van der Waals surface area contributed by atoms with Gasteiger partial charge in [0.15, 0.2) is 11.5 Å². The van der Waals surface area contributed by atoms with Gasteiger partial charge in [-0.25, -0.2) is 4.39 Å². The van der Waals surface area contributed by atoms with Gasteiger partial charge in [0.25, 0.3) is 0 Å². The van der Waals surface area contributed by atoms with Gasteiger partial charge in [-0.3, -0.25) is 9.59 Å². The maximum absolute atomic E-state index is 14.5. The number of rotatable bonds is 10. The molecule has 0 unspecified atom stereocenters. The number of aryl methyl sites for hydroxylation is 2. The first kappa shape index (κ1) is 30.4. The highest BCUT2D eigenvalue weighted by atomic mass is 19.1. The van der Waals surface area contributed by atoms with Crippen LogP contribution in [0.3, 0.4) is 0 Å². The third-order valence-electron chi connectivity index (χ3n) is 8.96. The summed E-state index contributed by atoms with van der Waals surface area (Å²) in [7, 11) is 0. The predicted octanol–water partition coefficient (Wildman–Crippen LogP) is 10.3. The summed E-state index contributed by atoms with van der Waals surface area (Å²) >= 11 is 0. The molecule has 1 saturated carbocycles. The van der Waals surface area contributed by atoms with E-state index >= 15 is 0 Å². The zero-order valence-electron chi connectivity index (χ0n) is 25.7. The molecule has 1 heterocycles. The number of allylic oxidation sites excluding steroid dienone is 2. The number of benzene rings is 3. The largest absolute Gasteiger partial charge is 0.461 e. The fourth-order valence-corrected chi connectivity index (χ4v) is 6.45. The lowest BCUT2D eigenvalue weighted by Crippen LogP contribution is -2.15. The van der Waals surface area contributed by atoms with E-state index in [9.17, 15) is 14.0 Å². The zero-order chi connectivity index (χ0) is 30.6. The number of carbonyl (C=O) groups is 2. The molecule has 0 saturated heterocycles. The van der Waals surface area contributed by atoms with Crippen LogP contribution in [-0.4, -0.2) is 11.6 Å². The second-order valence-electron chi connectivity index (χ2n) is 12.5. The Morgan fingerprint density at radius 1 is 0.884 bits per heavy atom. The normalized spacial score (nSPS) is 17.6. The highest BCUT2D eigenvalue weighted by Crippen LogP contribution is 2.43. The van der Waals surface area contributed by atoms with Crippen molar-refractivity contribution in [2.45, 2.75) is 83.7 Å². The molecule has 1 fully saturated rings. The van der Waals surface area contributed by atoms with Gasteiger partial charge in [0.2, 0.25) is 5.78 Å². The van der Waals surface area contributed by atoms with Gasteiger partial charge in [0.1, 0.15) is 5.67 Å². The average Bonchev–Trinajstić information content (AvgIpc) is 3.55. The molecule has 3 aromatic carbocycles. The van der Waals surface area contributed by atoms with Crippen molar-refractivity contribution in [3.63, 3.8) is 0 Å². The minimum Gasteiger partial charge on any atom is -0.461 e. The Morgan fingerprint density at radius 3 is 2.28 bits per heavy atom. The van der Waals surface area contributed by atoms with Crippen LogP contribution in [0.1, 0.15) is 119 Å². The molecule has 0 atom stereocenters. The Labute approximate surface area is 254 Å². The van der Waals surface area contributed by atoms with Gasteiger partial charge in [-0.15, -0.1) is 0 Å². The minimum absolute atomic E-state index is 0.0335. The van der Waals surface area contributed by atoms with Crippen LogP contribution in [0.15, 0.2) is 95.6 Å². The minimum atomic E-state index is -1.43. The van der Waals surface area contributed by atoms with E-state index in [1.807, 2.05) is 37.3 Å². The quantitative estimate of drug-likeness (QED) is 0.139. The van der Waals surface area contributed by atoms with Gasteiger partial charge in [0, 0.05) is 12.0 Å². The lowest BCUT2D eigenvalue weighted by molar-refractivity contribution is 0.0981. The molecule has 1 aliphatic rings. The molecule has 43 heavy (non-hydrogen) atoms. The molecule has 222 valence electrons. The highest BCUT2D eigenvalue weighted by Gasteiger charge is 2.27. The Kier molecular flexibility index (Phi) is 9.25. The maximum Gasteiger partial charge on any atom is 0.221 e. The zero-order valence-corrected chi connectivity index (χ0v) is 25.7. The number of Topliss-reactive ketones (excluding diaryl/α,β-unsaturated/α-hetero) is 1. The van der Waals surface area contributed by atoms with Gasteiger partial charge >= 0.3 is 0 Å². The van der Waals surface area contributed by atoms with Gasteiger partial charge < -0.3 is 4.42 Å². The molecule has 0 radical (unpaired) electrons. The van der Waals surface area contributed by atoms with Crippen molar-refractivity contribution in [2.75, 3.05) is 0 Å². The number of alkyl halides is 1. The summed E-state index contributed by atoms with van der Waals surface area (Å²) in [6, 6.07) is 25.5. The Morgan fingerprint density at radius 2 is 1.60 bits per heavy atom. The second kappa shape index (κ2) is 13.1. The molecule has 0 amide bonds. The van der Waals surface area contributed by atoms with Crippen LogP contribution in [0.4, 0.5) is 4.39 Å². The summed E-state index contributed by atoms with van der Waals surface area (Å²) in [6.45, 7) is 7.22. The van der Waals surface area contributed by atoms with Crippen LogP contribution in [0, 0.1) is 6.92 Å². The molecule has 0 N–H and O–H groups in total. The smallest absolute Gasteiger partial charge is 0.221 e. The highest BCUT2D eigenvalue weighted by molar-refractivity contribution is 6.07. The summed E-state index contributed by atoms with van der Waals surface area (Å²) in [5.74, 6) is 1.05. The molecule has 0 bridgehead atoms. The first-order valence-electron chi connectivity index (χ1n) is 15.4. The molecular formula is C39H41FO3. The van der Waals surface area contributed by atoms with Gasteiger partial charge in [-0.2, -0.15) is 0 Å². The van der Waals surface area contributed by atoms with Crippen LogP contribution in [0.5, 0.6) is 0 Å². The summed E-state index contributed by atoms with van der Waals surface area (Å²) in [5, 5.41) is 0. The van der Waals surface area contributed by atoms with Crippen molar-refractivity contribution in [1.29, 1.82) is 0 Å². The van der Waals surface area contributed by atoms with E-state index in [-0.39, 0.29) is 11.6 Å². The lowest BCUT2D eigenvalue weighted by atomic mass is 9.73. The van der Waals surface area contributed by atoms with E-state index < -0.39 is 5.67 Å². The predicted molar refractivity (Wildman–Crippen MR) is 171 cm³/mol. The van der Waals surface area contributed by atoms with Crippen molar-refractivity contribution >= 4 is 17.1 Å². The van der Waals surface area contributed by atoms with E-state index in [4.69, 9.17) is 4.42 Å². The molecular weight excluding hydrogens is 535 g/mol. The first-order valence-corrected chi connectivity index (χ1v) is 15.4. The second-order valence-corrected chi connectivity index (χ2v) is 12.5. The Balaban J connectivity index is 1.38. The third-order valence-corrected chi connectivity index (χ3v) is 8.96. The molecule has 4 aromatic rings. The summed E-state index contributed by atoms with van der Waals surface area (Å²) in [5.41, 5.74) is 6.53. The SMILES string of the molecule is C/C(=C\C(=O)c1ccco1)c1cc(C(=O)CCc2cccc(C(C)(C)F)c2)ccc1C1CCC(c2ccccc2C)CC1. The fraction of sp³-hybridized carbons (Fsp3) is 0.333. The molecule has 0 aliphatic heterocycles. The first-order chi connectivity index (χ1) is 20.6. The fourth-order valence-electron chi connectivity index (χ4n) is 6.45. The van der Waals surface area contributed by atoms with E-state index in [0.29, 0.717) is 41.6 Å². The van der Waals surface area contributed by atoms with E-state index in [1.54, 1.807) is 38.1 Å². The van der Waals surface area contributed by atoms with Crippen molar-refractivity contribution in [1.82, 2.24) is 0 Å². The maximum atomic E-state index is 14.5. The molecule has 1 aromatic heterocycles. The van der Waals surface area contributed by atoms with Crippen molar-refractivity contribution in [2.24, 2.45) is 0 Å². The van der Waals surface area contributed by atoms with Gasteiger partial charge in [0.05, 0.1) is 6.26 Å². The third kappa shape index (κ3) is 7.30.